The number of hydrogen-bond acceptors (Lipinski definition) is 2. The first-order valence-electron chi connectivity index (χ1n) is 21.5. The second-order valence-electron chi connectivity index (χ2n) is 21.9. The van der Waals surface area contributed by atoms with Gasteiger partial charge in [0.25, 0.3) is 0 Å². The summed E-state index contributed by atoms with van der Waals surface area (Å²) in [6, 6.07) is 32.5. The van der Waals surface area contributed by atoms with E-state index < -0.39 is 6.10 Å². The highest BCUT2D eigenvalue weighted by Gasteiger charge is 2.54. The van der Waals surface area contributed by atoms with Gasteiger partial charge in [0, 0.05) is 35.9 Å². The maximum atomic E-state index is 12.6. The average Bonchev–Trinajstić information content (AvgIpc) is 3.15. The third-order valence-electron chi connectivity index (χ3n) is 13.5. The normalized spacial score (nSPS) is 22.2. The molecule has 5 aromatic rings. The van der Waals surface area contributed by atoms with Crippen LogP contribution in [0.15, 0.2) is 104 Å². The molecular weight excluding hydrogens is 693 g/mol. The molecule has 2 bridgehead atoms. The molecule has 0 spiro atoms. The molecule has 8 rings (SSSR count). The zero-order valence-electron chi connectivity index (χ0n) is 37.1. The van der Waals surface area contributed by atoms with Gasteiger partial charge >= 0.3 is 0 Å². The van der Waals surface area contributed by atoms with Crippen LogP contribution in [0, 0.1) is 11.8 Å². The lowest BCUT2D eigenvalue weighted by Gasteiger charge is -2.58. The Labute approximate surface area is 344 Å². The van der Waals surface area contributed by atoms with E-state index in [0.29, 0.717) is 11.8 Å². The van der Waals surface area contributed by atoms with E-state index in [1.54, 1.807) is 0 Å². The fourth-order valence-electron chi connectivity index (χ4n) is 9.77. The molecular formula is C54H69N2O+. The molecule has 57 heavy (non-hydrogen) atoms. The van der Waals surface area contributed by atoms with Gasteiger partial charge in [-0.3, -0.25) is 4.98 Å². The first-order chi connectivity index (χ1) is 26.6. The van der Waals surface area contributed by atoms with Gasteiger partial charge in [-0.25, -0.2) is 0 Å². The number of aliphatic hydroxyl groups is 1. The number of rotatable bonds is 7. The molecule has 4 heterocycles. The number of nitrogens with zero attached hydrogens (tertiary/aromatic N) is 2. The van der Waals surface area contributed by atoms with Crippen molar-refractivity contribution in [3.05, 3.63) is 137 Å². The van der Waals surface area contributed by atoms with Crippen molar-refractivity contribution in [3.8, 4) is 22.3 Å². The van der Waals surface area contributed by atoms with Crippen LogP contribution in [0.3, 0.4) is 0 Å². The Morgan fingerprint density at radius 3 is 1.67 bits per heavy atom. The minimum Gasteiger partial charge on any atom is -0.382 e. The van der Waals surface area contributed by atoms with Gasteiger partial charge in [-0.2, -0.15) is 0 Å². The molecule has 4 aromatic carbocycles. The Balaban J connectivity index is 1.44. The average molecular weight is 762 g/mol. The summed E-state index contributed by atoms with van der Waals surface area (Å²) in [6.45, 7) is 35.2. The number of fused-ring (bicyclic) bond motifs is 4. The third-order valence-corrected chi connectivity index (χ3v) is 13.5. The maximum absolute atomic E-state index is 12.6. The lowest BCUT2D eigenvalue weighted by molar-refractivity contribution is -0.984. The predicted molar refractivity (Wildman–Crippen MR) is 243 cm³/mol. The molecule has 300 valence electrons. The molecule has 0 unspecified atom stereocenters. The molecule has 0 amide bonds. The monoisotopic (exact) mass is 762 g/mol. The molecule has 0 aliphatic carbocycles. The number of benzene rings is 4. The maximum Gasteiger partial charge on any atom is 0.131 e. The third kappa shape index (κ3) is 8.30. The summed E-state index contributed by atoms with van der Waals surface area (Å²) in [6.07, 6.45) is 5.64. The summed E-state index contributed by atoms with van der Waals surface area (Å²) < 4.78 is 0.860. The first-order valence-corrected chi connectivity index (χ1v) is 21.5. The van der Waals surface area contributed by atoms with E-state index in [4.69, 9.17) is 0 Å². The molecule has 1 aromatic heterocycles. The van der Waals surface area contributed by atoms with Crippen LogP contribution in [0.4, 0.5) is 0 Å². The molecule has 3 saturated heterocycles. The molecule has 0 radical (unpaired) electrons. The number of aliphatic hydroxyl groups excluding tert-OH is 1. The van der Waals surface area contributed by atoms with Crippen LogP contribution in [-0.4, -0.2) is 33.7 Å². The Hall–Kier alpha value is -4.05. The van der Waals surface area contributed by atoms with Crippen LogP contribution in [0.25, 0.3) is 33.2 Å². The van der Waals surface area contributed by atoms with Gasteiger partial charge in [0.2, 0.25) is 0 Å². The van der Waals surface area contributed by atoms with Crippen molar-refractivity contribution in [1.29, 1.82) is 0 Å². The van der Waals surface area contributed by atoms with Gasteiger partial charge in [0.15, 0.2) is 0 Å². The van der Waals surface area contributed by atoms with Gasteiger partial charge in [-0.15, -0.1) is 6.58 Å². The largest absolute Gasteiger partial charge is 0.382 e. The molecule has 0 saturated carbocycles. The van der Waals surface area contributed by atoms with E-state index in [1.807, 2.05) is 12.3 Å². The molecule has 3 aliphatic heterocycles. The van der Waals surface area contributed by atoms with Crippen molar-refractivity contribution in [1.82, 2.24) is 4.98 Å². The Morgan fingerprint density at radius 2 is 1.18 bits per heavy atom. The van der Waals surface area contributed by atoms with E-state index in [9.17, 15) is 5.11 Å². The fourth-order valence-corrected chi connectivity index (χ4v) is 9.77. The van der Waals surface area contributed by atoms with Crippen molar-refractivity contribution in [3.63, 3.8) is 0 Å². The second-order valence-corrected chi connectivity index (χ2v) is 21.9. The Kier molecular flexibility index (Phi) is 10.6. The van der Waals surface area contributed by atoms with Gasteiger partial charge in [-0.1, -0.05) is 144 Å². The van der Waals surface area contributed by atoms with Crippen LogP contribution >= 0.6 is 0 Å². The summed E-state index contributed by atoms with van der Waals surface area (Å²) in [5, 5.41) is 13.6. The Bertz CT molecular complexity index is 2120. The standard InChI is InChI=1S/C54H69N2O/c1-14-36-34-56(22-20-37(36)30-49(56)50(57)47-19-21-55-48-18-16-15-17-46(47)48)33-35-23-38(40-26-42(51(2,3)4)31-43(27-40)52(5,6)7)25-39(24-35)41-28-44(53(8,9)10)32-45(29-41)54(11,12)13/h14-19,21,23-29,31-32,36-37,49-50,57H,1,20,22,30,33-34H2,2-13H3/q+1/t36-,37-,49-,50+,56+/m0/s1. The van der Waals surface area contributed by atoms with Crippen LogP contribution in [-0.2, 0) is 28.2 Å². The van der Waals surface area contributed by atoms with Crippen LogP contribution < -0.4 is 0 Å². The first kappa shape index (κ1) is 41.1. The summed E-state index contributed by atoms with van der Waals surface area (Å²) in [7, 11) is 0. The highest BCUT2D eigenvalue weighted by molar-refractivity contribution is 5.82. The molecule has 5 atom stereocenters. The topological polar surface area (TPSA) is 33.1 Å². The van der Waals surface area contributed by atoms with E-state index in [0.717, 1.165) is 53.4 Å². The van der Waals surface area contributed by atoms with Crippen LogP contribution in [0.1, 0.15) is 135 Å². The van der Waals surface area contributed by atoms with Crippen LogP contribution in [0.5, 0.6) is 0 Å². The zero-order chi connectivity index (χ0) is 41.3. The fraction of sp³-hybridized carbons (Fsp3) is 0.463. The summed E-state index contributed by atoms with van der Waals surface area (Å²) in [4.78, 5) is 4.66. The minimum absolute atomic E-state index is 0.00980. The quantitative estimate of drug-likeness (QED) is 0.132. The van der Waals surface area contributed by atoms with Crippen molar-refractivity contribution < 1.29 is 9.59 Å². The van der Waals surface area contributed by atoms with Crippen molar-refractivity contribution in [2.45, 2.75) is 136 Å². The molecule has 1 N–H and O–H groups in total. The summed E-state index contributed by atoms with van der Waals surface area (Å²) >= 11 is 0. The van der Waals surface area contributed by atoms with Gasteiger partial charge in [0.05, 0.1) is 18.6 Å². The summed E-state index contributed by atoms with van der Waals surface area (Å²) in [5.41, 5.74) is 13.9. The van der Waals surface area contributed by atoms with Gasteiger partial charge < -0.3 is 9.59 Å². The summed E-state index contributed by atoms with van der Waals surface area (Å²) in [5.74, 6) is 0.985. The molecule has 3 fully saturated rings. The van der Waals surface area contributed by atoms with Crippen molar-refractivity contribution in [2.24, 2.45) is 11.8 Å². The SMILES string of the molecule is C=C[C@H]1C[N@+]2(Cc3cc(-c4cc(C(C)(C)C)cc(C(C)(C)C)c4)cc(-c4cc(C(C)(C)C)cc(C(C)(C)C)c4)c3)CC[C@H]1C[C@H]2[C@H](O)c1ccnc2ccccc12. The molecule has 3 heteroatoms. The van der Waals surface area contributed by atoms with Crippen LogP contribution in [0.2, 0.25) is 0 Å². The van der Waals surface area contributed by atoms with E-state index in [2.05, 4.69) is 180 Å². The zero-order valence-corrected chi connectivity index (χ0v) is 37.1. The smallest absolute Gasteiger partial charge is 0.131 e. The number of aromatic nitrogens is 1. The minimum atomic E-state index is -0.593. The van der Waals surface area contributed by atoms with Crippen molar-refractivity contribution in [2.75, 3.05) is 13.1 Å². The number of piperidine rings is 3. The van der Waals surface area contributed by atoms with Gasteiger partial charge in [0.1, 0.15) is 18.7 Å². The Morgan fingerprint density at radius 1 is 0.684 bits per heavy atom. The lowest BCUT2D eigenvalue weighted by Crippen LogP contribution is -2.67. The highest BCUT2D eigenvalue weighted by Crippen LogP contribution is 2.49. The van der Waals surface area contributed by atoms with Gasteiger partial charge in [-0.05, 0) is 108 Å². The predicted octanol–water partition coefficient (Wildman–Crippen LogP) is 13.4. The van der Waals surface area contributed by atoms with E-state index in [-0.39, 0.29) is 27.7 Å². The lowest BCUT2D eigenvalue weighted by atomic mass is 9.71. The second kappa shape index (κ2) is 14.6. The number of hydrogen-bond donors (Lipinski definition) is 1. The van der Waals surface area contributed by atoms with E-state index >= 15 is 0 Å². The molecule has 3 aliphatic rings. The van der Waals surface area contributed by atoms with Crippen molar-refractivity contribution >= 4 is 10.9 Å². The van der Waals surface area contributed by atoms with E-state index in [1.165, 1.54) is 50.1 Å². The molecule has 3 nitrogen and oxygen atoms in total. The highest BCUT2D eigenvalue weighted by atomic mass is 16.3. The number of para-hydroxylation sites is 1. The number of pyridine rings is 1. The number of quaternary nitrogens is 1.